The van der Waals surface area contributed by atoms with Crippen molar-refractivity contribution >= 4 is 17.4 Å². The van der Waals surface area contributed by atoms with Gasteiger partial charge in [-0.15, -0.1) is 0 Å². The monoisotopic (exact) mass is 503 g/mol. The van der Waals surface area contributed by atoms with E-state index < -0.39 is 17.7 Å². The van der Waals surface area contributed by atoms with E-state index in [0.717, 1.165) is 5.56 Å². The molecule has 1 unspecified atom stereocenters. The smallest absolute Gasteiger partial charge is 0.295 e. The highest BCUT2D eigenvalue weighted by atomic mass is 16.5. The molecule has 3 aromatic rings. The van der Waals surface area contributed by atoms with Gasteiger partial charge >= 0.3 is 0 Å². The highest BCUT2D eigenvalue weighted by Gasteiger charge is 2.46. The number of methoxy groups -OCH3 is 3. The number of Topliss-reactive ketones (excluding diaryl/α,β-unsaturated/α-hetero) is 1. The highest BCUT2D eigenvalue weighted by Crippen LogP contribution is 2.44. The first-order chi connectivity index (χ1) is 17.9. The Morgan fingerprint density at radius 1 is 0.865 bits per heavy atom. The van der Waals surface area contributed by atoms with Crippen molar-refractivity contribution in [1.82, 2.24) is 4.90 Å². The van der Waals surface area contributed by atoms with Gasteiger partial charge in [0.1, 0.15) is 34.3 Å². The van der Waals surface area contributed by atoms with Crippen molar-refractivity contribution in [1.29, 1.82) is 0 Å². The van der Waals surface area contributed by atoms with Gasteiger partial charge in [-0.05, 0) is 54.4 Å². The van der Waals surface area contributed by atoms with Crippen LogP contribution < -0.4 is 18.9 Å². The Kier molecular flexibility index (Phi) is 7.67. The zero-order chi connectivity index (χ0) is 26.5. The molecule has 1 atom stereocenters. The van der Waals surface area contributed by atoms with E-state index in [1.165, 1.54) is 19.1 Å². The van der Waals surface area contributed by atoms with E-state index in [4.69, 9.17) is 18.9 Å². The topological polar surface area (TPSA) is 94.5 Å². The van der Waals surface area contributed by atoms with Gasteiger partial charge in [-0.3, -0.25) is 9.59 Å². The van der Waals surface area contributed by atoms with Gasteiger partial charge in [-0.1, -0.05) is 30.3 Å². The molecular formula is C29H29NO7. The van der Waals surface area contributed by atoms with E-state index in [-0.39, 0.29) is 23.4 Å². The van der Waals surface area contributed by atoms with Crippen LogP contribution in [0.15, 0.2) is 72.3 Å². The molecule has 1 amide bonds. The van der Waals surface area contributed by atoms with Gasteiger partial charge in [0.15, 0.2) is 0 Å². The molecular weight excluding hydrogens is 474 g/mol. The second-order valence-corrected chi connectivity index (χ2v) is 8.32. The summed E-state index contributed by atoms with van der Waals surface area (Å²) in [6, 6.07) is 18.5. The third kappa shape index (κ3) is 4.95. The molecule has 0 aliphatic carbocycles. The first-order valence-corrected chi connectivity index (χ1v) is 11.8. The Balaban J connectivity index is 1.91. The first-order valence-electron chi connectivity index (χ1n) is 11.8. The van der Waals surface area contributed by atoms with Crippen LogP contribution in [0.2, 0.25) is 0 Å². The fraction of sp³-hybridized carbons (Fsp3) is 0.241. The number of benzene rings is 3. The molecule has 1 fully saturated rings. The Hall–Kier alpha value is -4.46. The number of carbonyl (C=O) groups is 2. The molecule has 1 aliphatic rings. The zero-order valence-electron chi connectivity index (χ0n) is 21.2. The summed E-state index contributed by atoms with van der Waals surface area (Å²) in [5.41, 5.74) is 1.55. The van der Waals surface area contributed by atoms with Gasteiger partial charge < -0.3 is 29.0 Å². The fourth-order valence-corrected chi connectivity index (χ4v) is 4.48. The van der Waals surface area contributed by atoms with Crippen LogP contribution >= 0.6 is 0 Å². The van der Waals surface area contributed by atoms with E-state index >= 15 is 0 Å². The van der Waals surface area contributed by atoms with Gasteiger partial charge in [-0.2, -0.15) is 0 Å². The molecule has 0 bridgehead atoms. The third-order valence-corrected chi connectivity index (χ3v) is 6.20. The number of amides is 1. The van der Waals surface area contributed by atoms with Crippen molar-refractivity contribution in [3.05, 3.63) is 89.0 Å². The van der Waals surface area contributed by atoms with Crippen molar-refractivity contribution in [3.63, 3.8) is 0 Å². The molecule has 3 aromatic carbocycles. The largest absolute Gasteiger partial charge is 0.506 e. The van der Waals surface area contributed by atoms with Gasteiger partial charge in [0.05, 0.1) is 39.6 Å². The maximum atomic E-state index is 13.5. The van der Waals surface area contributed by atoms with Gasteiger partial charge in [-0.25, -0.2) is 0 Å². The Morgan fingerprint density at radius 2 is 1.51 bits per heavy atom. The minimum absolute atomic E-state index is 0.0602. The molecule has 0 aromatic heterocycles. The molecule has 37 heavy (non-hydrogen) atoms. The van der Waals surface area contributed by atoms with Crippen LogP contribution in [0, 0.1) is 0 Å². The van der Waals surface area contributed by atoms with Crippen LogP contribution in [0.5, 0.6) is 23.0 Å². The van der Waals surface area contributed by atoms with Crippen LogP contribution in [0.1, 0.15) is 29.7 Å². The molecule has 0 radical (unpaired) electrons. The predicted octanol–water partition coefficient (Wildman–Crippen LogP) is 4.73. The van der Waals surface area contributed by atoms with E-state index in [1.807, 2.05) is 19.1 Å². The fourth-order valence-electron chi connectivity index (χ4n) is 4.48. The zero-order valence-corrected chi connectivity index (χ0v) is 21.2. The van der Waals surface area contributed by atoms with E-state index in [2.05, 4.69) is 0 Å². The minimum Gasteiger partial charge on any atom is -0.506 e. The van der Waals surface area contributed by atoms with Crippen LogP contribution in [0.4, 0.5) is 0 Å². The summed E-state index contributed by atoms with van der Waals surface area (Å²) >= 11 is 0. The summed E-state index contributed by atoms with van der Waals surface area (Å²) in [5.74, 6) is -0.0273. The molecule has 0 spiro atoms. The summed E-state index contributed by atoms with van der Waals surface area (Å²) < 4.78 is 21.8. The lowest BCUT2D eigenvalue weighted by molar-refractivity contribution is -0.140. The SMILES string of the molecule is CCOc1cccc(C2/C(=C(\O)c3c(OC)cccc3OC)C(=O)C(=O)N2Cc2ccc(OC)cc2)c1. The van der Waals surface area contributed by atoms with Crippen LogP contribution in [-0.2, 0) is 16.1 Å². The van der Waals surface area contributed by atoms with Crippen LogP contribution in [0.25, 0.3) is 5.76 Å². The summed E-state index contributed by atoms with van der Waals surface area (Å²) in [6.45, 7) is 2.46. The van der Waals surface area contributed by atoms with Crippen molar-refractivity contribution in [2.24, 2.45) is 0 Å². The third-order valence-electron chi connectivity index (χ3n) is 6.20. The number of ketones is 1. The number of aliphatic hydroxyl groups excluding tert-OH is 1. The number of ether oxygens (including phenoxy) is 4. The molecule has 8 nitrogen and oxygen atoms in total. The van der Waals surface area contributed by atoms with Crippen molar-refractivity contribution < 1.29 is 33.6 Å². The predicted molar refractivity (Wildman–Crippen MR) is 138 cm³/mol. The normalized spacial score (nSPS) is 16.5. The highest BCUT2D eigenvalue weighted by molar-refractivity contribution is 6.46. The number of rotatable bonds is 9. The quantitative estimate of drug-likeness (QED) is 0.256. The number of hydrogen-bond acceptors (Lipinski definition) is 7. The molecule has 1 N–H and O–H groups in total. The van der Waals surface area contributed by atoms with Gasteiger partial charge in [0.2, 0.25) is 0 Å². The van der Waals surface area contributed by atoms with E-state index in [0.29, 0.717) is 35.2 Å². The average Bonchev–Trinajstić information content (AvgIpc) is 3.17. The molecule has 1 saturated heterocycles. The van der Waals surface area contributed by atoms with Crippen LogP contribution in [-0.4, -0.2) is 49.6 Å². The number of likely N-dealkylation sites (tertiary alicyclic amines) is 1. The number of hydrogen-bond donors (Lipinski definition) is 1. The van der Waals surface area contributed by atoms with Gasteiger partial charge in [0, 0.05) is 6.54 Å². The Bertz CT molecular complexity index is 1310. The molecule has 192 valence electrons. The maximum absolute atomic E-state index is 13.5. The summed E-state index contributed by atoms with van der Waals surface area (Å²) in [6.07, 6.45) is 0. The minimum atomic E-state index is -0.878. The summed E-state index contributed by atoms with van der Waals surface area (Å²) in [4.78, 5) is 28.3. The lowest BCUT2D eigenvalue weighted by Crippen LogP contribution is -2.29. The second kappa shape index (κ2) is 11.1. The standard InChI is InChI=1S/C29H29NO7/c1-5-37-21-9-6-8-19(16-21)26-25(27(31)24-22(35-3)10-7-11-23(24)36-4)28(32)29(33)30(26)17-18-12-14-20(34-2)15-13-18/h6-16,26,31H,5,17H2,1-4H3/b27-25+. The summed E-state index contributed by atoms with van der Waals surface area (Å²) in [7, 11) is 4.48. The lowest BCUT2D eigenvalue weighted by Gasteiger charge is -2.26. The average molecular weight is 504 g/mol. The molecule has 1 heterocycles. The number of carbonyl (C=O) groups excluding carboxylic acids is 2. The Labute approximate surface area is 215 Å². The van der Waals surface area contributed by atoms with Crippen LogP contribution in [0.3, 0.4) is 0 Å². The van der Waals surface area contributed by atoms with E-state index in [1.54, 1.807) is 61.7 Å². The molecule has 8 heteroatoms. The lowest BCUT2D eigenvalue weighted by atomic mass is 9.94. The molecule has 1 aliphatic heterocycles. The second-order valence-electron chi connectivity index (χ2n) is 8.32. The van der Waals surface area contributed by atoms with E-state index in [9.17, 15) is 14.7 Å². The number of aliphatic hydroxyl groups is 1. The van der Waals surface area contributed by atoms with Crippen molar-refractivity contribution in [2.45, 2.75) is 19.5 Å². The van der Waals surface area contributed by atoms with Crippen molar-refractivity contribution in [3.8, 4) is 23.0 Å². The summed E-state index contributed by atoms with van der Waals surface area (Å²) in [5, 5.41) is 11.6. The molecule has 4 rings (SSSR count). The van der Waals surface area contributed by atoms with Gasteiger partial charge in [0.25, 0.3) is 11.7 Å². The Morgan fingerprint density at radius 3 is 2.11 bits per heavy atom. The number of nitrogens with zero attached hydrogens (tertiary/aromatic N) is 1. The van der Waals surface area contributed by atoms with Crippen molar-refractivity contribution in [2.75, 3.05) is 27.9 Å². The first kappa shape index (κ1) is 25.6. The molecule has 0 saturated carbocycles. The maximum Gasteiger partial charge on any atom is 0.295 e.